The molecule has 2 heterocycles. The van der Waals surface area contributed by atoms with Gasteiger partial charge in [-0.3, -0.25) is 4.68 Å². The monoisotopic (exact) mass is 371 g/mol. The Balaban J connectivity index is 2.48. The van der Waals surface area contributed by atoms with Crippen molar-refractivity contribution in [1.29, 1.82) is 0 Å². The summed E-state index contributed by atoms with van der Waals surface area (Å²) in [6.45, 7) is 9.45. The quantitative estimate of drug-likeness (QED) is 0.805. The molecule has 116 valence electrons. The van der Waals surface area contributed by atoms with E-state index in [4.69, 9.17) is 0 Å². The van der Waals surface area contributed by atoms with Gasteiger partial charge in [0.15, 0.2) is 0 Å². The molecule has 0 aromatic carbocycles. The summed E-state index contributed by atoms with van der Waals surface area (Å²) in [6, 6.07) is 0.388. The summed E-state index contributed by atoms with van der Waals surface area (Å²) >= 11 is 5.13. The molecule has 7 heteroatoms. The molecule has 0 fully saturated rings. The number of halogens is 1. The molecule has 0 bridgehead atoms. The number of hydrogen-bond donors (Lipinski definition) is 1. The van der Waals surface area contributed by atoms with E-state index in [1.807, 2.05) is 6.20 Å². The molecule has 0 saturated carbocycles. The number of rotatable bonds is 7. The van der Waals surface area contributed by atoms with Crippen molar-refractivity contribution in [3.8, 4) is 0 Å². The molecule has 0 spiro atoms. The molecule has 0 aliphatic carbocycles. The molecule has 2 aromatic rings. The van der Waals surface area contributed by atoms with E-state index < -0.39 is 0 Å². The number of nitrogens with zero attached hydrogens (tertiary/aromatic N) is 4. The average Bonchev–Trinajstić information content (AvgIpc) is 3.04. The second kappa shape index (κ2) is 7.47. The van der Waals surface area contributed by atoms with Crippen LogP contribution in [-0.2, 0) is 6.42 Å². The zero-order valence-corrected chi connectivity index (χ0v) is 15.3. The van der Waals surface area contributed by atoms with Crippen molar-refractivity contribution < 1.29 is 0 Å². The predicted octanol–water partition coefficient (Wildman–Crippen LogP) is 3.73. The highest BCUT2D eigenvalue weighted by molar-refractivity contribution is 9.10. The van der Waals surface area contributed by atoms with Crippen LogP contribution in [0.1, 0.15) is 62.5 Å². The van der Waals surface area contributed by atoms with Crippen molar-refractivity contribution in [1.82, 2.24) is 24.7 Å². The Bertz CT molecular complexity index is 578. The van der Waals surface area contributed by atoms with Crippen LogP contribution in [0.25, 0.3) is 0 Å². The Labute approximate surface area is 138 Å². The fourth-order valence-corrected chi connectivity index (χ4v) is 3.67. The second-order valence-electron chi connectivity index (χ2n) is 5.24. The molecule has 1 N–H and O–H groups in total. The summed E-state index contributed by atoms with van der Waals surface area (Å²) in [6.07, 6.45) is 3.90. The zero-order valence-electron chi connectivity index (χ0n) is 12.9. The van der Waals surface area contributed by atoms with Crippen molar-refractivity contribution in [3.05, 3.63) is 26.9 Å². The molecule has 2 rings (SSSR count). The lowest BCUT2D eigenvalue weighted by molar-refractivity contribution is 0.476. The maximum absolute atomic E-state index is 4.50. The lowest BCUT2D eigenvalue weighted by atomic mass is 10.1. The van der Waals surface area contributed by atoms with Gasteiger partial charge in [-0.1, -0.05) is 24.8 Å². The number of aryl methyl sites for hydroxylation is 1. The van der Waals surface area contributed by atoms with E-state index in [2.05, 4.69) is 68.3 Å². The van der Waals surface area contributed by atoms with Gasteiger partial charge in [0.25, 0.3) is 0 Å². The SMILES string of the molecule is CCCc1nnsc1C(NCC)c1c(Br)cnn1C(C)C. The van der Waals surface area contributed by atoms with Crippen LogP contribution in [0.15, 0.2) is 10.7 Å². The normalized spacial score (nSPS) is 13.0. The highest BCUT2D eigenvalue weighted by atomic mass is 79.9. The predicted molar refractivity (Wildman–Crippen MR) is 89.7 cm³/mol. The molecule has 0 radical (unpaired) electrons. The van der Waals surface area contributed by atoms with E-state index in [1.165, 1.54) is 16.4 Å². The summed E-state index contributed by atoms with van der Waals surface area (Å²) in [5, 5.41) is 12.4. The fourth-order valence-electron chi connectivity index (χ4n) is 2.39. The first-order valence-electron chi connectivity index (χ1n) is 7.37. The van der Waals surface area contributed by atoms with E-state index in [1.54, 1.807) is 0 Å². The summed E-state index contributed by atoms with van der Waals surface area (Å²) in [5.41, 5.74) is 2.24. The van der Waals surface area contributed by atoms with Crippen LogP contribution in [-0.4, -0.2) is 25.9 Å². The Kier molecular flexibility index (Phi) is 5.89. The molecule has 0 aliphatic heterocycles. The molecule has 2 aromatic heterocycles. The minimum atomic E-state index is 0.0795. The van der Waals surface area contributed by atoms with Crippen LogP contribution >= 0.6 is 27.5 Å². The molecular formula is C14H22BrN5S. The Morgan fingerprint density at radius 3 is 2.76 bits per heavy atom. The van der Waals surface area contributed by atoms with Crippen molar-refractivity contribution in [2.24, 2.45) is 0 Å². The number of hydrogen-bond acceptors (Lipinski definition) is 5. The second-order valence-corrected chi connectivity index (χ2v) is 6.88. The zero-order chi connectivity index (χ0) is 15.4. The van der Waals surface area contributed by atoms with Gasteiger partial charge in [-0.25, -0.2) is 0 Å². The van der Waals surface area contributed by atoms with Crippen LogP contribution in [0.5, 0.6) is 0 Å². The van der Waals surface area contributed by atoms with Gasteiger partial charge in [0.1, 0.15) is 0 Å². The van der Waals surface area contributed by atoms with Crippen molar-refractivity contribution in [2.45, 2.75) is 52.6 Å². The van der Waals surface area contributed by atoms with Crippen molar-refractivity contribution in [3.63, 3.8) is 0 Å². The van der Waals surface area contributed by atoms with Crippen LogP contribution in [0.4, 0.5) is 0 Å². The molecule has 5 nitrogen and oxygen atoms in total. The third kappa shape index (κ3) is 3.52. The molecule has 0 saturated heterocycles. The van der Waals surface area contributed by atoms with Gasteiger partial charge in [-0.2, -0.15) is 5.10 Å². The molecular weight excluding hydrogens is 350 g/mol. The third-order valence-corrected chi connectivity index (χ3v) is 4.73. The highest BCUT2D eigenvalue weighted by Crippen LogP contribution is 2.33. The molecule has 0 aliphatic rings. The van der Waals surface area contributed by atoms with Gasteiger partial charge in [0.05, 0.1) is 33.0 Å². The number of nitrogens with one attached hydrogen (secondary N) is 1. The minimum Gasteiger partial charge on any atom is -0.304 e. The van der Waals surface area contributed by atoms with E-state index in [0.29, 0.717) is 6.04 Å². The Morgan fingerprint density at radius 1 is 1.38 bits per heavy atom. The van der Waals surface area contributed by atoms with E-state index in [-0.39, 0.29) is 6.04 Å². The van der Waals surface area contributed by atoms with Crippen LogP contribution in [0, 0.1) is 0 Å². The summed E-state index contributed by atoms with van der Waals surface area (Å²) in [5.74, 6) is 0. The molecule has 21 heavy (non-hydrogen) atoms. The van der Waals surface area contributed by atoms with E-state index in [0.717, 1.165) is 35.2 Å². The van der Waals surface area contributed by atoms with E-state index in [9.17, 15) is 0 Å². The highest BCUT2D eigenvalue weighted by Gasteiger charge is 2.26. The largest absolute Gasteiger partial charge is 0.304 e. The van der Waals surface area contributed by atoms with Crippen molar-refractivity contribution in [2.75, 3.05) is 6.54 Å². The molecule has 1 unspecified atom stereocenters. The minimum absolute atomic E-state index is 0.0795. The Hall–Kier alpha value is -0.790. The average molecular weight is 372 g/mol. The van der Waals surface area contributed by atoms with Gasteiger partial charge in [-0.05, 0) is 54.3 Å². The standard InChI is InChI=1S/C14H22BrN5S/c1-5-7-11-14(21-19-18-11)12(16-6-2)13-10(15)8-17-20(13)9(3)4/h8-9,12,16H,5-7H2,1-4H3. The van der Waals surface area contributed by atoms with Crippen molar-refractivity contribution >= 4 is 27.5 Å². The molecule has 0 amide bonds. The van der Waals surface area contributed by atoms with Gasteiger partial charge in [-0.15, -0.1) is 5.10 Å². The lowest BCUT2D eigenvalue weighted by Crippen LogP contribution is -2.26. The third-order valence-electron chi connectivity index (χ3n) is 3.29. The fraction of sp³-hybridized carbons (Fsp3) is 0.643. The van der Waals surface area contributed by atoms with Gasteiger partial charge in [0.2, 0.25) is 0 Å². The van der Waals surface area contributed by atoms with Gasteiger partial charge < -0.3 is 5.32 Å². The maximum Gasteiger partial charge on any atom is 0.0888 e. The first kappa shape index (κ1) is 16.6. The lowest BCUT2D eigenvalue weighted by Gasteiger charge is -2.21. The van der Waals surface area contributed by atoms with Crippen LogP contribution in [0.2, 0.25) is 0 Å². The maximum atomic E-state index is 4.50. The molecule has 1 atom stereocenters. The topological polar surface area (TPSA) is 55.6 Å². The summed E-state index contributed by atoms with van der Waals surface area (Å²) < 4.78 is 7.25. The van der Waals surface area contributed by atoms with Crippen LogP contribution in [0.3, 0.4) is 0 Å². The van der Waals surface area contributed by atoms with E-state index >= 15 is 0 Å². The smallest absolute Gasteiger partial charge is 0.0888 e. The van der Waals surface area contributed by atoms with Gasteiger partial charge >= 0.3 is 0 Å². The number of aromatic nitrogens is 4. The van der Waals surface area contributed by atoms with Crippen LogP contribution < -0.4 is 5.32 Å². The first-order valence-corrected chi connectivity index (χ1v) is 8.94. The first-order chi connectivity index (χ1) is 10.1. The summed E-state index contributed by atoms with van der Waals surface area (Å²) in [7, 11) is 0. The van der Waals surface area contributed by atoms with Gasteiger partial charge in [0, 0.05) is 6.04 Å². The Morgan fingerprint density at radius 2 is 2.14 bits per heavy atom. The summed E-state index contributed by atoms with van der Waals surface area (Å²) in [4.78, 5) is 1.20.